The summed E-state index contributed by atoms with van der Waals surface area (Å²) >= 11 is 0. The molecule has 0 aromatic heterocycles. The SMILES string of the molecule is CN(C)Cc1cccc(O[B]Oc2cccc(CN(C)C)c2)c1. The Morgan fingerprint density at radius 2 is 1.17 bits per heavy atom. The van der Waals surface area contributed by atoms with E-state index in [1.807, 2.05) is 64.6 Å². The van der Waals surface area contributed by atoms with E-state index in [9.17, 15) is 0 Å². The average Bonchev–Trinajstić information content (AvgIpc) is 2.46. The molecule has 0 aliphatic heterocycles. The first kappa shape index (κ1) is 17.4. The molecule has 121 valence electrons. The van der Waals surface area contributed by atoms with Crippen LogP contribution in [0, 0.1) is 0 Å². The lowest BCUT2D eigenvalue weighted by molar-refractivity contribution is 0.400. The second-order valence-corrected chi connectivity index (χ2v) is 6.10. The first-order valence-corrected chi connectivity index (χ1v) is 7.65. The largest absolute Gasteiger partial charge is 0.658 e. The molecule has 0 aliphatic rings. The van der Waals surface area contributed by atoms with Crippen molar-refractivity contribution in [2.45, 2.75) is 13.1 Å². The first-order chi connectivity index (χ1) is 11.0. The van der Waals surface area contributed by atoms with Crippen molar-refractivity contribution in [2.75, 3.05) is 28.2 Å². The molecule has 0 fully saturated rings. The van der Waals surface area contributed by atoms with Crippen molar-refractivity contribution in [2.24, 2.45) is 0 Å². The number of hydrogen-bond donors (Lipinski definition) is 0. The highest BCUT2D eigenvalue weighted by Gasteiger charge is 2.04. The minimum atomic E-state index is 0.772. The molecule has 0 atom stereocenters. The molecule has 2 aromatic rings. The fourth-order valence-corrected chi connectivity index (χ4v) is 2.30. The fourth-order valence-electron chi connectivity index (χ4n) is 2.30. The summed E-state index contributed by atoms with van der Waals surface area (Å²) in [5.41, 5.74) is 2.41. The van der Waals surface area contributed by atoms with Crippen molar-refractivity contribution < 1.29 is 9.31 Å². The number of rotatable bonds is 8. The molecule has 0 unspecified atom stereocenters. The summed E-state index contributed by atoms with van der Waals surface area (Å²) < 4.78 is 11.2. The molecule has 0 bridgehead atoms. The van der Waals surface area contributed by atoms with Crippen LogP contribution >= 0.6 is 0 Å². The van der Waals surface area contributed by atoms with Gasteiger partial charge in [-0.3, -0.25) is 0 Å². The molecule has 0 amide bonds. The van der Waals surface area contributed by atoms with Gasteiger partial charge in [0.25, 0.3) is 0 Å². The van der Waals surface area contributed by atoms with Crippen LogP contribution < -0.4 is 9.31 Å². The predicted octanol–water partition coefficient (Wildman–Crippen LogP) is 2.80. The van der Waals surface area contributed by atoms with Crippen molar-refractivity contribution in [3.05, 3.63) is 59.7 Å². The Labute approximate surface area is 139 Å². The average molecular weight is 311 g/mol. The smallest absolute Gasteiger partial charge is 0.526 e. The van der Waals surface area contributed by atoms with Crippen molar-refractivity contribution in [1.29, 1.82) is 0 Å². The Balaban J connectivity index is 1.87. The molecule has 0 saturated heterocycles. The van der Waals surface area contributed by atoms with Crippen LogP contribution in [0.2, 0.25) is 0 Å². The van der Waals surface area contributed by atoms with E-state index in [0.717, 1.165) is 24.6 Å². The molecule has 0 heterocycles. The van der Waals surface area contributed by atoms with E-state index in [-0.39, 0.29) is 0 Å². The lowest BCUT2D eigenvalue weighted by Gasteiger charge is -2.12. The molecule has 1 radical (unpaired) electrons. The van der Waals surface area contributed by atoms with E-state index >= 15 is 0 Å². The zero-order valence-corrected chi connectivity index (χ0v) is 14.3. The van der Waals surface area contributed by atoms with Crippen molar-refractivity contribution in [3.8, 4) is 11.5 Å². The zero-order chi connectivity index (χ0) is 16.7. The highest BCUT2D eigenvalue weighted by Crippen LogP contribution is 2.16. The van der Waals surface area contributed by atoms with Crippen LogP contribution in [0.1, 0.15) is 11.1 Å². The summed E-state index contributed by atoms with van der Waals surface area (Å²) in [5, 5.41) is 0. The second-order valence-electron chi connectivity index (χ2n) is 6.10. The Hall–Kier alpha value is -1.98. The highest BCUT2D eigenvalue weighted by atomic mass is 16.6. The summed E-state index contributed by atoms with van der Waals surface area (Å²) in [6.45, 7) is 1.76. The van der Waals surface area contributed by atoms with Gasteiger partial charge in [0, 0.05) is 13.1 Å². The maximum absolute atomic E-state index is 5.58. The third-order valence-electron chi connectivity index (χ3n) is 3.16. The van der Waals surface area contributed by atoms with E-state index in [0.29, 0.717) is 0 Å². The normalized spacial score (nSPS) is 10.9. The lowest BCUT2D eigenvalue weighted by atomic mass is 10.2. The summed E-state index contributed by atoms with van der Waals surface area (Å²) in [6.07, 6.45) is 0. The number of nitrogens with zero attached hydrogens (tertiary/aromatic N) is 2. The van der Waals surface area contributed by atoms with E-state index in [1.54, 1.807) is 0 Å². The van der Waals surface area contributed by atoms with Gasteiger partial charge in [0.05, 0.1) is 0 Å². The van der Waals surface area contributed by atoms with Crippen LogP contribution in [-0.4, -0.2) is 45.7 Å². The van der Waals surface area contributed by atoms with Crippen molar-refractivity contribution >= 4 is 7.69 Å². The minimum Gasteiger partial charge on any atom is -0.526 e. The molecular weight excluding hydrogens is 287 g/mol. The Morgan fingerprint density at radius 1 is 0.739 bits per heavy atom. The zero-order valence-electron chi connectivity index (χ0n) is 14.3. The highest BCUT2D eigenvalue weighted by molar-refractivity contribution is 6.20. The van der Waals surface area contributed by atoms with Crippen molar-refractivity contribution in [1.82, 2.24) is 9.80 Å². The van der Waals surface area contributed by atoms with Gasteiger partial charge in [0.1, 0.15) is 11.5 Å². The molecule has 0 saturated carbocycles. The van der Waals surface area contributed by atoms with E-state index in [1.165, 1.54) is 18.8 Å². The first-order valence-electron chi connectivity index (χ1n) is 7.65. The van der Waals surface area contributed by atoms with Gasteiger partial charge in [-0.1, -0.05) is 24.3 Å². The topological polar surface area (TPSA) is 24.9 Å². The maximum Gasteiger partial charge on any atom is 0.658 e. The third-order valence-corrected chi connectivity index (χ3v) is 3.16. The van der Waals surface area contributed by atoms with E-state index in [2.05, 4.69) is 21.9 Å². The molecule has 0 aliphatic carbocycles. The van der Waals surface area contributed by atoms with Gasteiger partial charge in [0.15, 0.2) is 0 Å². The molecule has 2 rings (SSSR count). The van der Waals surface area contributed by atoms with Gasteiger partial charge >= 0.3 is 7.69 Å². The Morgan fingerprint density at radius 3 is 1.57 bits per heavy atom. The van der Waals surface area contributed by atoms with Gasteiger partial charge in [-0.05, 0) is 63.6 Å². The molecule has 5 heteroatoms. The van der Waals surface area contributed by atoms with Gasteiger partial charge in [-0.25, -0.2) is 0 Å². The van der Waals surface area contributed by atoms with Crippen LogP contribution in [0.25, 0.3) is 0 Å². The minimum absolute atomic E-state index is 0.772. The van der Waals surface area contributed by atoms with Crippen molar-refractivity contribution in [3.63, 3.8) is 0 Å². The van der Waals surface area contributed by atoms with Crippen LogP contribution in [-0.2, 0) is 13.1 Å². The Bertz CT molecular complexity index is 564. The van der Waals surface area contributed by atoms with Gasteiger partial charge in [0.2, 0.25) is 0 Å². The predicted molar refractivity (Wildman–Crippen MR) is 94.7 cm³/mol. The molecule has 23 heavy (non-hydrogen) atoms. The van der Waals surface area contributed by atoms with Crippen LogP contribution in [0.5, 0.6) is 11.5 Å². The summed E-state index contributed by atoms with van der Waals surface area (Å²) in [7, 11) is 9.56. The number of hydrogen-bond acceptors (Lipinski definition) is 4. The summed E-state index contributed by atoms with van der Waals surface area (Å²) in [5.74, 6) is 1.54. The number of benzene rings is 2. The standard InChI is InChI=1S/C18H24BN2O2/c1-20(2)13-15-7-5-9-17(11-15)22-19-23-18-10-6-8-16(12-18)14-21(3)4/h5-12H,13-14H2,1-4H3. The van der Waals surface area contributed by atoms with Crippen LogP contribution in [0.4, 0.5) is 0 Å². The molecular formula is C18H24BN2O2. The molecule has 0 spiro atoms. The van der Waals surface area contributed by atoms with E-state index < -0.39 is 0 Å². The van der Waals surface area contributed by atoms with Gasteiger partial charge in [-0.2, -0.15) is 0 Å². The van der Waals surface area contributed by atoms with Gasteiger partial charge in [-0.15, -0.1) is 0 Å². The maximum atomic E-state index is 5.58. The molecule has 0 N–H and O–H groups in total. The Kier molecular flexibility index (Phi) is 6.50. The monoisotopic (exact) mass is 311 g/mol. The quantitative estimate of drug-likeness (QED) is 0.700. The fraction of sp³-hybridized carbons (Fsp3) is 0.333. The lowest BCUT2D eigenvalue weighted by Crippen LogP contribution is -2.13. The van der Waals surface area contributed by atoms with Gasteiger partial charge < -0.3 is 19.1 Å². The van der Waals surface area contributed by atoms with Crippen LogP contribution in [0.15, 0.2) is 48.5 Å². The summed E-state index contributed by atoms with van der Waals surface area (Å²) in [6, 6.07) is 16.0. The molecule has 2 aromatic carbocycles. The van der Waals surface area contributed by atoms with Crippen LogP contribution in [0.3, 0.4) is 0 Å². The molecule has 4 nitrogen and oxygen atoms in total. The third kappa shape index (κ3) is 6.34. The summed E-state index contributed by atoms with van der Waals surface area (Å²) in [4.78, 5) is 4.24. The van der Waals surface area contributed by atoms with E-state index in [4.69, 9.17) is 9.31 Å². The second kappa shape index (κ2) is 8.60.